The summed E-state index contributed by atoms with van der Waals surface area (Å²) in [5.41, 5.74) is 6.94. The van der Waals surface area contributed by atoms with E-state index in [1.807, 2.05) is 17.0 Å². The minimum absolute atomic E-state index is 0.0538. The molecule has 0 unspecified atom stereocenters. The van der Waals surface area contributed by atoms with Crippen molar-refractivity contribution in [3.05, 3.63) is 35.9 Å². The number of anilines is 2. The molecule has 3 rings (SSSR count). The zero-order chi connectivity index (χ0) is 17.8. The van der Waals surface area contributed by atoms with Gasteiger partial charge in [-0.25, -0.2) is 0 Å². The lowest BCUT2D eigenvalue weighted by atomic mass is 10.1. The van der Waals surface area contributed by atoms with Gasteiger partial charge in [0.1, 0.15) is 0 Å². The Morgan fingerprint density at radius 3 is 2.20 bits per heavy atom. The zero-order valence-corrected chi connectivity index (χ0v) is 14.3. The molecule has 1 aromatic heterocycles. The molecule has 132 valence electrons. The van der Waals surface area contributed by atoms with Crippen LogP contribution in [0.2, 0.25) is 0 Å². The Morgan fingerprint density at radius 2 is 1.64 bits per heavy atom. The summed E-state index contributed by atoms with van der Waals surface area (Å²) in [7, 11) is 3.10. The highest BCUT2D eigenvalue weighted by atomic mass is 16.5. The first-order chi connectivity index (χ1) is 12.1. The first-order valence-corrected chi connectivity index (χ1v) is 7.98. The second-order valence-electron chi connectivity index (χ2n) is 5.62. The van der Waals surface area contributed by atoms with Crippen LogP contribution in [-0.2, 0) is 0 Å². The van der Waals surface area contributed by atoms with Crippen molar-refractivity contribution in [3.63, 3.8) is 0 Å². The van der Waals surface area contributed by atoms with Crippen LogP contribution in [0.4, 0.5) is 11.6 Å². The number of ether oxygens (including phenoxy) is 2. The number of aromatic nitrogens is 2. The lowest BCUT2D eigenvalue weighted by Gasteiger charge is -2.35. The van der Waals surface area contributed by atoms with Crippen molar-refractivity contribution in [1.29, 1.82) is 0 Å². The Balaban J connectivity index is 1.70. The van der Waals surface area contributed by atoms with Gasteiger partial charge >= 0.3 is 0 Å². The number of benzene rings is 1. The molecule has 0 atom stereocenters. The average Bonchev–Trinajstić information content (AvgIpc) is 2.67. The smallest absolute Gasteiger partial charge is 0.256 e. The number of para-hydroxylation sites is 1. The van der Waals surface area contributed by atoms with E-state index in [0.717, 1.165) is 0 Å². The first kappa shape index (κ1) is 16.8. The number of methoxy groups -OCH3 is 2. The normalized spacial score (nSPS) is 14.3. The van der Waals surface area contributed by atoms with Crippen LogP contribution in [0.5, 0.6) is 11.8 Å². The summed E-state index contributed by atoms with van der Waals surface area (Å²) < 4.78 is 10.4. The molecular formula is C17H21N5O3. The Kier molecular flexibility index (Phi) is 4.87. The Bertz CT molecular complexity index is 737. The van der Waals surface area contributed by atoms with E-state index in [0.29, 0.717) is 55.1 Å². The van der Waals surface area contributed by atoms with E-state index in [4.69, 9.17) is 15.2 Å². The molecule has 1 saturated heterocycles. The van der Waals surface area contributed by atoms with Crippen molar-refractivity contribution in [2.24, 2.45) is 0 Å². The summed E-state index contributed by atoms with van der Waals surface area (Å²) in [4.78, 5) is 25.1. The van der Waals surface area contributed by atoms with Gasteiger partial charge in [-0.3, -0.25) is 4.79 Å². The Morgan fingerprint density at radius 1 is 1.04 bits per heavy atom. The third-order valence-electron chi connectivity index (χ3n) is 4.13. The Hall–Kier alpha value is -3.03. The maximum absolute atomic E-state index is 12.6. The predicted octanol–water partition coefficient (Wildman–Crippen LogP) is 1.04. The van der Waals surface area contributed by atoms with Crippen LogP contribution in [0, 0.1) is 0 Å². The fourth-order valence-electron chi connectivity index (χ4n) is 2.71. The van der Waals surface area contributed by atoms with Crippen LogP contribution >= 0.6 is 0 Å². The van der Waals surface area contributed by atoms with E-state index in [9.17, 15) is 4.79 Å². The van der Waals surface area contributed by atoms with Crippen molar-refractivity contribution in [1.82, 2.24) is 14.9 Å². The van der Waals surface area contributed by atoms with E-state index < -0.39 is 0 Å². The van der Waals surface area contributed by atoms with Gasteiger partial charge in [-0.1, -0.05) is 12.1 Å². The molecule has 25 heavy (non-hydrogen) atoms. The topological polar surface area (TPSA) is 93.8 Å². The van der Waals surface area contributed by atoms with Gasteiger partial charge in [0.15, 0.2) is 0 Å². The van der Waals surface area contributed by atoms with Crippen LogP contribution in [-0.4, -0.2) is 61.2 Å². The molecule has 1 aromatic carbocycles. The molecule has 0 spiro atoms. The third kappa shape index (κ3) is 3.57. The van der Waals surface area contributed by atoms with E-state index in [1.54, 1.807) is 37.3 Å². The quantitative estimate of drug-likeness (QED) is 0.829. The number of hydrogen-bond donors (Lipinski definition) is 1. The number of nitrogen functional groups attached to an aromatic ring is 1. The summed E-state index contributed by atoms with van der Waals surface area (Å²) >= 11 is 0. The minimum Gasteiger partial charge on any atom is -0.481 e. The predicted molar refractivity (Wildman–Crippen MR) is 94.1 cm³/mol. The van der Waals surface area contributed by atoms with Crippen molar-refractivity contribution in [2.45, 2.75) is 0 Å². The number of rotatable bonds is 4. The molecule has 8 nitrogen and oxygen atoms in total. The van der Waals surface area contributed by atoms with Gasteiger partial charge in [0.2, 0.25) is 17.7 Å². The maximum atomic E-state index is 12.6. The van der Waals surface area contributed by atoms with E-state index in [1.165, 1.54) is 0 Å². The molecule has 1 aliphatic rings. The molecule has 2 aromatic rings. The van der Waals surface area contributed by atoms with Gasteiger partial charge in [-0.2, -0.15) is 9.97 Å². The molecule has 8 heteroatoms. The summed E-state index contributed by atoms with van der Waals surface area (Å²) in [6.45, 7) is 2.37. The molecule has 0 bridgehead atoms. The first-order valence-electron chi connectivity index (χ1n) is 7.98. The van der Waals surface area contributed by atoms with Crippen molar-refractivity contribution < 1.29 is 14.3 Å². The molecule has 0 aliphatic carbocycles. The highest BCUT2D eigenvalue weighted by Crippen LogP contribution is 2.22. The number of amides is 1. The number of nitrogens with zero attached hydrogens (tertiary/aromatic N) is 4. The summed E-state index contributed by atoms with van der Waals surface area (Å²) in [6, 6.07) is 8.75. The van der Waals surface area contributed by atoms with Gasteiger partial charge in [-0.05, 0) is 12.1 Å². The van der Waals surface area contributed by atoms with Crippen LogP contribution in [0.3, 0.4) is 0 Å². The highest BCUT2D eigenvalue weighted by molar-refractivity contribution is 5.99. The standard InChI is InChI=1S/C17H21N5O3/c1-24-14-11-15(25-2)20-17(19-14)22-9-7-21(8-10-22)16(23)12-5-3-4-6-13(12)18/h3-6,11H,7-10,18H2,1-2H3. The minimum atomic E-state index is -0.0538. The molecule has 2 heterocycles. The van der Waals surface area contributed by atoms with Gasteiger partial charge in [0.05, 0.1) is 25.8 Å². The van der Waals surface area contributed by atoms with Crippen molar-refractivity contribution in [2.75, 3.05) is 51.0 Å². The number of carbonyl (C=O) groups is 1. The average molecular weight is 343 g/mol. The highest BCUT2D eigenvalue weighted by Gasteiger charge is 2.25. The van der Waals surface area contributed by atoms with Crippen LogP contribution in [0.15, 0.2) is 30.3 Å². The summed E-state index contributed by atoms with van der Waals surface area (Å²) in [5.74, 6) is 1.36. The molecule has 1 amide bonds. The van der Waals surface area contributed by atoms with Gasteiger partial charge < -0.3 is 25.0 Å². The number of piperazine rings is 1. The van der Waals surface area contributed by atoms with E-state index >= 15 is 0 Å². The number of nitrogens with two attached hydrogens (primary N) is 1. The number of carbonyl (C=O) groups excluding carboxylic acids is 1. The van der Waals surface area contributed by atoms with Gasteiger partial charge in [0.25, 0.3) is 5.91 Å². The van der Waals surface area contributed by atoms with Crippen LogP contribution in [0.1, 0.15) is 10.4 Å². The third-order valence-corrected chi connectivity index (χ3v) is 4.13. The number of hydrogen-bond acceptors (Lipinski definition) is 7. The molecule has 1 aliphatic heterocycles. The second kappa shape index (κ2) is 7.25. The molecular weight excluding hydrogens is 322 g/mol. The lowest BCUT2D eigenvalue weighted by Crippen LogP contribution is -2.49. The van der Waals surface area contributed by atoms with Crippen LogP contribution < -0.4 is 20.1 Å². The van der Waals surface area contributed by atoms with Crippen LogP contribution in [0.25, 0.3) is 0 Å². The Labute approximate surface area is 146 Å². The van der Waals surface area contributed by atoms with E-state index in [2.05, 4.69) is 9.97 Å². The van der Waals surface area contributed by atoms with E-state index in [-0.39, 0.29) is 5.91 Å². The second-order valence-corrected chi connectivity index (χ2v) is 5.62. The van der Waals surface area contributed by atoms with Gasteiger partial charge in [-0.15, -0.1) is 0 Å². The summed E-state index contributed by atoms with van der Waals surface area (Å²) in [6.07, 6.45) is 0. The van der Waals surface area contributed by atoms with Gasteiger partial charge in [0, 0.05) is 31.9 Å². The monoisotopic (exact) mass is 343 g/mol. The fraction of sp³-hybridized carbons (Fsp3) is 0.353. The SMILES string of the molecule is COc1cc(OC)nc(N2CCN(C(=O)c3ccccc3N)CC2)n1. The van der Waals surface area contributed by atoms with Crippen molar-refractivity contribution in [3.8, 4) is 11.8 Å². The largest absolute Gasteiger partial charge is 0.481 e. The summed E-state index contributed by atoms with van der Waals surface area (Å²) in [5, 5.41) is 0. The zero-order valence-electron chi connectivity index (χ0n) is 14.3. The fourth-order valence-corrected chi connectivity index (χ4v) is 2.71. The molecule has 2 N–H and O–H groups in total. The molecule has 1 fully saturated rings. The van der Waals surface area contributed by atoms with Crippen molar-refractivity contribution >= 4 is 17.5 Å². The lowest BCUT2D eigenvalue weighted by molar-refractivity contribution is 0.0747. The maximum Gasteiger partial charge on any atom is 0.256 e. The molecule has 0 saturated carbocycles. The molecule has 0 radical (unpaired) electrons.